The Bertz CT molecular complexity index is 802. The van der Waals surface area contributed by atoms with Gasteiger partial charge in [0.05, 0.1) is 11.2 Å². The maximum absolute atomic E-state index is 9.74. The highest BCUT2D eigenvalue weighted by molar-refractivity contribution is 5.82. The number of fused-ring (bicyclic) bond motifs is 1. The van der Waals surface area contributed by atoms with E-state index in [1.807, 2.05) is 30.3 Å². The lowest BCUT2D eigenvalue weighted by Gasteiger charge is -2.15. The summed E-state index contributed by atoms with van der Waals surface area (Å²) in [5.74, 6) is 1.17. The first-order valence-corrected chi connectivity index (χ1v) is 7.57. The minimum atomic E-state index is 0.290. The zero-order valence-corrected chi connectivity index (χ0v) is 13.2. The van der Waals surface area contributed by atoms with Gasteiger partial charge in [0.1, 0.15) is 18.1 Å². The van der Waals surface area contributed by atoms with Crippen LogP contribution in [0.2, 0.25) is 0 Å². The van der Waals surface area contributed by atoms with Crippen molar-refractivity contribution >= 4 is 10.9 Å². The van der Waals surface area contributed by atoms with Gasteiger partial charge in [0.25, 0.3) is 0 Å². The van der Waals surface area contributed by atoms with E-state index < -0.39 is 0 Å². The summed E-state index contributed by atoms with van der Waals surface area (Å²) in [5.41, 5.74) is 3.33. The Hall–Kier alpha value is -2.42. The van der Waals surface area contributed by atoms with Crippen LogP contribution in [0, 0.1) is 6.92 Å². The highest BCUT2D eigenvalue weighted by Crippen LogP contribution is 2.28. The Morgan fingerprint density at radius 2 is 1.91 bits per heavy atom. The monoisotopic (exact) mass is 295 g/mol. The average Bonchev–Trinajstić information content (AvgIpc) is 2.83. The third-order valence-electron chi connectivity index (χ3n) is 3.80. The van der Waals surface area contributed by atoms with E-state index in [1.54, 1.807) is 6.07 Å². The summed E-state index contributed by atoms with van der Waals surface area (Å²) >= 11 is 0. The third kappa shape index (κ3) is 2.80. The molecule has 1 aromatic heterocycles. The van der Waals surface area contributed by atoms with E-state index in [4.69, 9.17) is 4.74 Å². The van der Waals surface area contributed by atoms with E-state index in [0.717, 1.165) is 22.3 Å². The summed E-state index contributed by atoms with van der Waals surface area (Å²) in [6.45, 7) is 6.84. The first-order chi connectivity index (χ1) is 10.5. The molecule has 3 rings (SSSR count). The molecule has 0 fully saturated rings. The molecule has 1 N–H and O–H groups in total. The fraction of sp³-hybridized carbons (Fsp3) is 0.263. The zero-order chi connectivity index (χ0) is 15.7. The Balaban J connectivity index is 1.94. The van der Waals surface area contributed by atoms with Gasteiger partial charge in [0, 0.05) is 17.5 Å². The van der Waals surface area contributed by atoms with E-state index >= 15 is 0 Å². The van der Waals surface area contributed by atoms with E-state index in [1.165, 1.54) is 5.56 Å². The highest BCUT2D eigenvalue weighted by Gasteiger charge is 2.12. The summed E-state index contributed by atoms with van der Waals surface area (Å²) < 4.78 is 8.15. The van der Waals surface area contributed by atoms with Crippen molar-refractivity contribution in [3.05, 3.63) is 59.8 Å². The fourth-order valence-corrected chi connectivity index (χ4v) is 2.85. The van der Waals surface area contributed by atoms with Crippen molar-refractivity contribution in [3.63, 3.8) is 0 Å². The van der Waals surface area contributed by atoms with Gasteiger partial charge in [-0.2, -0.15) is 0 Å². The van der Waals surface area contributed by atoms with E-state index in [-0.39, 0.29) is 0 Å². The number of aryl methyl sites for hydroxylation is 1. The number of nitrogens with zero attached hydrogens (tertiary/aromatic N) is 1. The maximum atomic E-state index is 9.74. The molecule has 0 radical (unpaired) electrons. The molecule has 3 aromatic rings. The van der Waals surface area contributed by atoms with Crippen molar-refractivity contribution < 1.29 is 9.84 Å². The van der Waals surface area contributed by atoms with Crippen LogP contribution >= 0.6 is 0 Å². The molecule has 1 heterocycles. The van der Waals surface area contributed by atoms with Gasteiger partial charge in [-0.15, -0.1) is 0 Å². The van der Waals surface area contributed by atoms with Gasteiger partial charge in [0.15, 0.2) is 0 Å². The first kappa shape index (κ1) is 14.5. The number of hydrogen-bond donors (Lipinski definition) is 1. The van der Waals surface area contributed by atoms with Crippen molar-refractivity contribution in [2.75, 3.05) is 0 Å². The standard InChI is InChI=1S/C19H21NO2/c1-13(2)20-16(10-15-7-8-17(21)11-19(15)20)12-22-18-6-4-5-14(3)9-18/h4-11,13,21H,12H2,1-3H3. The number of hydrogen-bond acceptors (Lipinski definition) is 2. The topological polar surface area (TPSA) is 34.4 Å². The molecule has 0 spiro atoms. The summed E-state index contributed by atoms with van der Waals surface area (Å²) in [6, 6.07) is 16.0. The average molecular weight is 295 g/mol. The second-order valence-corrected chi connectivity index (χ2v) is 5.95. The molecule has 0 unspecified atom stereocenters. The van der Waals surface area contributed by atoms with E-state index in [2.05, 4.69) is 37.5 Å². The number of aromatic hydroxyl groups is 1. The minimum Gasteiger partial charge on any atom is -0.508 e. The highest BCUT2D eigenvalue weighted by atomic mass is 16.5. The predicted octanol–water partition coefficient (Wildman–Crippen LogP) is 4.82. The second-order valence-electron chi connectivity index (χ2n) is 5.95. The summed E-state index contributed by atoms with van der Waals surface area (Å²) in [4.78, 5) is 0. The molecule has 22 heavy (non-hydrogen) atoms. The van der Waals surface area contributed by atoms with Gasteiger partial charge < -0.3 is 14.4 Å². The molecule has 0 saturated heterocycles. The molecule has 0 aliphatic rings. The van der Waals surface area contributed by atoms with Gasteiger partial charge in [-0.05, 0) is 56.7 Å². The zero-order valence-electron chi connectivity index (χ0n) is 13.2. The molecule has 0 aliphatic carbocycles. The van der Waals surface area contributed by atoms with Crippen LogP contribution in [0.1, 0.15) is 31.1 Å². The molecule has 0 bridgehead atoms. The lowest BCUT2D eigenvalue weighted by Crippen LogP contribution is -2.08. The van der Waals surface area contributed by atoms with Crippen LogP contribution in [0.15, 0.2) is 48.5 Å². The number of ether oxygens (including phenoxy) is 1. The van der Waals surface area contributed by atoms with Gasteiger partial charge in [-0.25, -0.2) is 0 Å². The van der Waals surface area contributed by atoms with Crippen molar-refractivity contribution in [2.24, 2.45) is 0 Å². The van der Waals surface area contributed by atoms with Gasteiger partial charge in [0.2, 0.25) is 0 Å². The van der Waals surface area contributed by atoms with Gasteiger partial charge in [-0.3, -0.25) is 0 Å². The van der Waals surface area contributed by atoms with E-state index in [9.17, 15) is 5.11 Å². The molecule has 2 aromatic carbocycles. The van der Waals surface area contributed by atoms with Crippen molar-refractivity contribution in [1.82, 2.24) is 4.57 Å². The molecule has 0 aliphatic heterocycles. The summed E-state index contributed by atoms with van der Waals surface area (Å²) in [7, 11) is 0. The van der Waals surface area contributed by atoms with E-state index in [0.29, 0.717) is 18.4 Å². The van der Waals surface area contributed by atoms with Crippen molar-refractivity contribution in [2.45, 2.75) is 33.4 Å². The molecule has 114 valence electrons. The summed E-state index contributed by atoms with van der Waals surface area (Å²) in [5, 5.41) is 10.9. The molecular formula is C19H21NO2. The smallest absolute Gasteiger partial charge is 0.128 e. The van der Waals surface area contributed by atoms with Crippen LogP contribution in [0.3, 0.4) is 0 Å². The SMILES string of the molecule is Cc1cccc(OCc2cc3ccc(O)cc3n2C(C)C)c1. The Kier molecular flexibility index (Phi) is 3.80. The summed E-state index contributed by atoms with van der Waals surface area (Å²) in [6.07, 6.45) is 0. The molecule has 0 atom stereocenters. The Morgan fingerprint density at radius 1 is 1.09 bits per heavy atom. The normalized spacial score (nSPS) is 11.3. The van der Waals surface area contributed by atoms with Crippen LogP contribution in [0.4, 0.5) is 0 Å². The third-order valence-corrected chi connectivity index (χ3v) is 3.80. The Labute approximate surface area is 130 Å². The maximum Gasteiger partial charge on any atom is 0.128 e. The van der Waals surface area contributed by atoms with Crippen LogP contribution in [0.25, 0.3) is 10.9 Å². The Morgan fingerprint density at radius 3 is 2.64 bits per heavy atom. The largest absolute Gasteiger partial charge is 0.508 e. The van der Waals surface area contributed by atoms with Crippen LogP contribution in [-0.4, -0.2) is 9.67 Å². The lowest BCUT2D eigenvalue weighted by molar-refractivity contribution is 0.293. The van der Waals surface area contributed by atoms with Gasteiger partial charge >= 0.3 is 0 Å². The second kappa shape index (κ2) is 5.76. The number of benzene rings is 2. The predicted molar refractivity (Wildman–Crippen MR) is 89.5 cm³/mol. The number of rotatable bonds is 4. The first-order valence-electron chi connectivity index (χ1n) is 7.57. The number of aromatic nitrogens is 1. The van der Waals surface area contributed by atoms with Crippen LogP contribution in [-0.2, 0) is 6.61 Å². The van der Waals surface area contributed by atoms with Crippen molar-refractivity contribution in [3.8, 4) is 11.5 Å². The molecule has 0 saturated carbocycles. The van der Waals surface area contributed by atoms with Crippen LogP contribution < -0.4 is 4.74 Å². The fourth-order valence-electron chi connectivity index (χ4n) is 2.85. The lowest BCUT2D eigenvalue weighted by atomic mass is 10.2. The van der Waals surface area contributed by atoms with Gasteiger partial charge in [-0.1, -0.05) is 12.1 Å². The quantitative estimate of drug-likeness (QED) is 0.749. The number of phenols is 1. The molecule has 3 heteroatoms. The van der Waals surface area contributed by atoms with Crippen LogP contribution in [0.5, 0.6) is 11.5 Å². The molecular weight excluding hydrogens is 274 g/mol. The van der Waals surface area contributed by atoms with Crippen molar-refractivity contribution in [1.29, 1.82) is 0 Å². The number of phenolic OH excluding ortho intramolecular Hbond substituents is 1. The molecule has 0 amide bonds. The molecule has 3 nitrogen and oxygen atoms in total. The minimum absolute atomic E-state index is 0.290.